The van der Waals surface area contributed by atoms with Crippen molar-refractivity contribution in [1.82, 2.24) is 14.9 Å². The number of pyridine rings is 2. The van der Waals surface area contributed by atoms with Crippen LogP contribution in [-0.4, -0.2) is 76.7 Å². The van der Waals surface area contributed by atoms with Crippen LogP contribution in [0.25, 0.3) is 22.5 Å². The highest BCUT2D eigenvalue weighted by atomic mass is 79.9. The van der Waals surface area contributed by atoms with Gasteiger partial charge in [-0.25, -0.2) is 0 Å². The van der Waals surface area contributed by atoms with Crippen LogP contribution in [0.1, 0.15) is 24.0 Å². The molecule has 0 N–H and O–H groups in total. The van der Waals surface area contributed by atoms with E-state index < -0.39 is 0 Å². The van der Waals surface area contributed by atoms with E-state index in [1.165, 1.54) is 16.8 Å². The van der Waals surface area contributed by atoms with Crippen LogP contribution in [-0.2, 0) is 13.1 Å². The van der Waals surface area contributed by atoms with Gasteiger partial charge in [-0.05, 0) is 96.8 Å². The summed E-state index contributed by atoms with van der Waals surface area (Å²) in [7, 11) is 9.71. The predicted molar refractivity (Wildman–Crippen MR) is 229 cm³/mol. The van der Waals surface area contributed by atoms with Crippen molar-refractivity contribution < 1.29 is 28.4 Å². The van der Waals surface area contributed by atoms with E-state index in [-0.39, 0.29) is 37.2 Å². The van der Waals surface area contributed by atoms with Crippen molar-refractivity contribution >= 4 is 58.8 Å². The summed E-state index contributed by atoms with van der Waals surface area (Å²) >= 11 is 3.62. The predicted octanol–water partition coefficient (Wildman–Crippen LogP) is 9.56. The first-order valence-corrected chi connectivity index (χ1v) is 17.9. The third kappa shape index (κ3) is 10.6. The molecule has 6 rings (SSSR count). The minimum Gasteiger partial charge on any atom is -0.493 e. The zero-order valence-corrected chi connectivity index (χ0v) is 35.8. The molecule has 1 aliphatic rings. The fourth-order valence-electron chi connectivity index (χ4n) is 6.83. The van der Waals surface area contributed by atoms with Gasteiger partial charge in [0.2, 0.25) is 11.5 Å². The van der Waals surface area contributed by atoms with Crippen LogP contribution in [0.4, 0.5) is 5.69 Å². The molecule has 55 heavy (non-hydrogen) atoms. The topological polar surface area (TPSA) is 87.6 Å². The summed E-state index contributed by atoms with van der Waals surface area (Å²) in [5, 5.41) is 0. The van der Waals surface area contributed by atoms with Gasteiger partial charge in [0.05, 0.1) is 54.0 Å². The maximum absolute atomic E-state index is 5.61. The van der Waals surface area contributed by atoms with Gasteiger partial charge in [0.25, 0.3) is 0 Å². The summed E-state index contributed by atoms with van der Waals surface area (Å²) in [5.74, 6) is 3.51. The number of hydrogen-bond acceptors (Lipinski definition) is 10. The van der Waals surface area contributed by atoms with Gasteiger partial charge < -0.3 is 33.3 Å². The van der Waals surface area contributed by atoms with E-state index in [4.69, 9.17) is 33.4 Å². The summed E-state index contributed by atoms with van der Waals surface area (Å²) < 4.78 is 34.5. The Morgan fingerprint density at radius 1 is 0.600 bits per heavy atom. The molecule has 5 aromatic rings. The van der Waals surface area contributed by atoms with Gasteiger partial charge in [-0.2, -0.15) is 0 Å². The van der Waals surface area contributed by atoms with Gasteiger partial charge in [0.15, 0.2) is 23.0 Å². The van der Waals surface area contributed by atoms with Crippen molar-refractivity contribution in [3.05, 3.63) is 101 Å². The monoisotopic (exact) mass is 876 g/mol. The maximum Gasteiger partial charge on any atom is 0.203 e. The molecule has 14 heteroatoms. The quantitative estimate of drug-likeness (QED) is 0.108. The van der Waals surface area contributed by atoms with Crippen molar-refractivity contribution in [3.63, 3.8) is 0 Å². The molecule has 296 valence electrons. The Kier molecular flexibility index (Phi) is 17.5. The molecule has 3 aromatic carbocycles. The Balaban J connectivity index is 0.00000271. The lowest BCUT2D eigenvalue weighted by Crippen LogP contribution is -2.44. The molecule has 0 bridgehead atoms. The molecule has 0 unspecified atom stereocenters. The molecule has 0 amide bonds. The summed E-state index contributed by atoms with van der Waals surface area (Å²) in [6, 6.07) is 25.2. The Bertz CT molecular complexity index is 1930. The van der Waals surface area contributed by atoms with E-state index in [9.17, 15) is 0 Å². The van der Waals surface area contributed by atoms with Crippen LogP contribution in [0.15, 0.2) is 89.7 Å². The number of anilines is 1. The molecular weight excluding hydrogens is 831 g/mol. The lowest BCUT2D eigenvalue weighted by atomic mass is 10.00. The molecule has 10 nitrogen and oxygen atoms in total. The van der Waals surface area contributed by atoms with E-state index in [0.717, 1.165) is 66.0 Å². The maximum atomic E-state index is 5.61. The Labute approximate surface area is 350 Å². The largest absolute Gasteiger partial charge is 0.493 e. The summed E-state index contributed by atoms with van der Waals surface area (Å²) in [6.07, 6.45) is 5.81. The molecule has 0 spiro atoms. The zero-order valence-electron chi connectivity index (χ0n) is 31.7. The van der Waals surface area contributed by atoms with Crippen molar-refractivity contribution in [3.8, 4) is 57.0 Å². The van der Waals surface area contributed by atoms with E-state index >= 15 is 0 Å². The lowest BCUT2D eigenvalue weighted by Gasteiger charge is -2.40. The average molecular weight is 879 g/mol. The second-order valence-corrected chi connectivity index (χ2v) is 13.5. The van der Waals surface area contributed by atoms with E-state index in [0.29, 0.717) is 40.5 Å². The highest BCUT2D eigenvalue weighted by Gasteiger charge is 2.26. The van der Waals surface area contributed by atoms with E-state index in [2.05, 4.69) is 79.2 Å². The van der Waals surface area contributed by atoms with Gasteiger partial charge in [-0.15, -0.1) is 37.2 Å². The standard InChI is InChI=1S/C41H45BrN4O6.3ClH/c1-47-36-21-29(22-37(48-2)40(36)51-5)34-19-27(11-15-43-34)25-45-17-13-33(14-18-45)46(32-9-7-31(42)8-10-32)26-28-12-16-44-35(20-28)30-23-38(49-3)41(52-6)39(24-30)50-4;;;/h7-12,15-16,19-24,33H,13-14,17-18,25-26H2,1-6H3;3*1H. The Morgan fingerprint density at radius 2 is 1.04 bits per heavy atom. The molecule has 0 radical (unpaired) electrons. The third-order valence-corrected chi connectivity index (χ3v) is 10.0. The van der Waals surface area contributed by atoms with Crippen molar-refractivity contribution in [1.29, 1.82) is 0 Å². The molecule has 1 fully saturated rings. The molecule has 1 aliphatic heterocycles. The van der Waals surface area contributed by atoms with Crippen LogP contribution >= 0.6 is 53.2 Å². The second-order valence-electron chi connectivity index (χ2n) is 12.5. The molecule has 2 aromatic heterocycles. The second kappa shape index (κ2) is 21.2. The number of benzene rings is 3. The molecule has 0 aliphatic carbocycles. The van der Waals surface area contributed by atoms with Gasteiger partial charge in [0, 0.05) is 65.9 Å². The fourth-order valence-corrected chi connectivity index (χ4v) is 7.09. The van der Waals surface area contributed by atoms with Crippen LogP contribution in [0.3, 0.4) is 0 Å². The summed E-state index contributed by atoms with van der Waals surface area (Å²) in [6.45, 7) is 3.54. The van der Waals surface area contributed by atoms with Crippen molar-refractivity contribution in [2.75, 3.05) is 60.6 Å². The van der Waals surface area contributed by atoms with Crippen molar-refractivity contribution in [2.45, 2.75) is 32.0 Å². The van der Waals surface area contributed by atoms with Crippen LogP contribution in [0.2, 0.25) is 0 Å². The Hall–Kier alpha value is -4.13. The number of halogens is 4. The number of piperidine rings is 1. The van der Waals surface area contributed by atoms with Crippen molar-refractivity contribution in [2.24, 2.45) is 0 Å². The number of aromatic nitrogens is 2. The highest BCUT2D eigenvalue weighted by molar-refractivity contribution is 9.10. The minimum absolute atomic E-state index is 0. The average Bonchev–Trinajstić information content (AvgIpc) is 3.19. The number of methoxy groups -OCH3 is 6. The number of ether oxygens (including phenoxy) is 6. The normalized spacial score (nSPS) is 12.6. The number of hydrogen-bond donors (Lipinski definition) is 0. The smallest absolute Gasteiger partial charge is 0.203 e. The van der Waals surface area contributed by atoms with E-state index in [1.54, 1.807) is 42.7 Å². The van der Waals surface area contributed by atoms with E-state index in [1.807, 2.05) is 36.7 Å². The first-order chi connectivity index (χ1) is 25.4. The first kappa shape index (κ1) is 45.3. The number of likely N-dealkylation sites (tertiary alicyclic amines) is 1. The Morgan fingerprint density at radius 3 is 1.47 bits per heavy atom. The van der Waals surface area contributed by atoms with Crippen LogP contribution in [0, 0.1) is 0 Å². The third-order valence-electron chi connectivity index (χ3n) is 9.48. The SMILES string of the molecule is COc1cc(-c2cc(CN3CCC(N(Cc4ccnc(-c5cc(OC)c(OC)c(OC)c5)c4)c4ccc(Br)cc4)CC3)ccn2)cc(OC)c1OC.Cl.Cl.Cl. The lowest BCUT2D eigenvalue weighted by molar-refractivity contribution is 0.201. The highest BCUT2D eigenvalue weighted by Crippen LogP contribution is 2.42. The molecule has 0 atom stereocenters. The summed E-state index contributed by atoms with van der Waals surface area (Å²) in [5.41, 5.74) is 7.06. The van der Waals surface area contributed by atoms with Crippen LogP contribution < -0.4 is 33.3 Å². The van der Waals surface area contributed by atoms with Gasteiger partial charge in [0.1, 0.15) is 0 Å². The molecular formula is C41H48BrCl3N4O6. The van der Waals surface area contributed by atoms with Gasteiger partial charge in [-0.1, -0.05) is 15.9 Å². The van der Waals surface area contributed by atoms with Gasteiger partial charge >= 0.3 is 0 Å². The summed E-state index contributed by atoms with van der Waals surface area (Å²) in [4.78, 5) is 14.4. The number of nitrogens with zero attached hydrogens (tertiary/aromatic N) is 4. The fraction of sp³-hybridized carbons (Fsp3) is 0.317. The zero-order chi connectivity index (χ0) is 36.6. The molecule has 3 heterocycles. The molecule has 1 saturated heterocycles. The number of rotatable bonds is 14. The van der Waals surface area contributed by atoms with Gasteiger partial charge in [-0.3, -0.25) is 14.9 Å². The molecule has 0 saturated carbocycles. The minimum atomic E-state index is 0. The first-order valence-electron chi connectivity index (χ1n) is 17.1. The van der Waals surface area contributed by atoms with Crippen LogP contribution in [0.5, 0.6) is 34.5 Å².